The van der Waals surface area contributed by atoms with Gasteiger partial charge in [-0.3, -0.25) is 0 Å². The lowest BCUT2D eigenvalue weighted by Crippen LogP contribution is -2.14. The molecule has 2 aliphatic carbocycles. The average molecular weight is 770 g/mol. The van der Waals surface area contributed by atoms with E-state index in [0.29, 0.717) is 17.5 Å². The lowest BCUT2D eigenvalue weighted by molar-refractivity contribution is 0.660. The Bertz CT molecular complexity index is 2930. The topological polar surface area (TPSA) is 38.7 Å². The Morgan fingerprint density at radius 1 is 0.250 bits per heavy atom. The van der Waals surface area contributed by atoms with Gasteiger partial charge in [-0.2, -0.15) is 0 Å². The molecule has 0 spiro atoms. The largest absolute Gasteiger partial charge is 0.208 e. The molecule has 0 N–H and O–H groups in total. The minimum Gasteiger partial charge on any atom is -0.208 e. The van der Waals surface area contributed by atoms with E-state index in [9.17, 15) is 0 Å². The van der Waals surface area contributed by atoms with E-state index in [1.165, 1.54) is 61.2 Å². The van der Waals surface area contributed by atoms with Gasteiger partial charge in [-0.15, -0.1) is 0 Å². The van der Waals surface area contributed by atoms with Crippen LogP contribution in [0.5, 0.6) is 0 Å². The molecule has 9 aromatic rings. The van der Waals surface area contributed by atoms with Gasteiger partial charge in [-0.1, -0.05) is 204 Å². The number of fused-ring (bicyclic) bond motifs is 6. The van der Waals surface area contributed by atoms with Gasteiger partial charge < -0.3 is 0 Å². The maximum absolute atomic E-state index is 5.13. The summed E-state index contributed by atoms with van der Waals surface area (Å²) in [5.74, 6) is 1.93. The Balaban J connectivity index is 0.947. The number of aromatic nitrogens is 3. The Labute approximate surface area is 352 Å². The van der Waals surface area contributed by atoms with Crippen LogP contribution in [0.4, 0.5) is 0 Å². The molecule has 0 aliphatic heterocycles. The van der Waals surface area contributed by atoms with Gasteiger partial charge in [0.2, 0.25) is 0 Å². The van der Waals surface area contributed by atoms with Crippen molar-refractivity contribution in [3.8, 4) is 89.8 Å². The zero-order valence-electron chi connectivity index (χ0n) is 34.2. The van der Waals surface area contributed by atoms with Gasteiger partial charge in [0.25, 0.3) is 0 Å². The van der Waals surface area contributed by atoms with E-state index >= 15 is 0 Å². The van der Waals surface area contributed by atoms with E-state index in [2.05, 4.69) is 210 Å². The maximum atomic E-state index is 5.13. The number of hydrogen-bond acceptors (Lipinski definition) is 3. The van der Waals surface area contributed by atoms with E-state index in [1.54, 1.807) is 0 Å². The van der Waals surface area contributed by atoms with Crippen LogP contribution < -0.4 is 0 Å². The highest BCUT2D eigenvalue weighted by Gasteiger charge is 2.36. The Kier molecular flexibility index (Phi) is 8.18. The van der Waals surface area contributed by atoms with E-state index in [1.807, 2.05) is 6.07 Å². The molecule has 286 valence electrons. The normalized spacial score (nSPS) is 13.9. The molecular weight excluding hydrogens is 727 g/mol. The van der Waals surface area contributed by atoms with Crippen LogP contribution in [0.1, 0.15) is 49.9 Å². The van der Waals surface area contributed by atoms with Gasteiger partial charge in [0, 0.05) is 27.5 Å². The monoisotopic (exact) mass is 769 g/mol. The summed E-state index contributed by atoms with van der Waals surface area (Å²) in [6, 6.07) is 67.7. The molecule has 0 saturated carbocycles. The SMILES string of the molecule is CC1(C)c2ccccc2-c2ccc(-c3ccc(-c4nc(-c5ccc(-c6ccccc6)cc5)nc(-c5ccc(-c6ccc7c(c6)C(C)(C)c6ccccc6-7)cc5)n4)cc3)cc21. The van der Waals surface area contributed by atoms with Gasteiger partial charge in [0.05, 0.1) is 0 Å². The van der Waals surface area contributed by atoms with E-state index in [4.69, 9.17) is 15.0 Å². The average Bonchev–Trinajstić information content (AvgIpc) is 3.68. The molecule has 0 amide bonds. The zero-order valence-corrected chi connectivity index (χ0v) is 34.2. The summed E-state index contributed by atoms with van der Waals surface area (Å²) >= 11 is 0. The first-order valence-corrected chi connectivity index (χ1v) is 20.8. The van der Waals surface area contributed by atoms with Crippen LogP contribution in [0.2, 0.25) is 0 Å². The molecular formula is C57H43N3. The molecule has 0 saturated heterocycles. The number of rotatable bonds is 6. The molecule has 0 bridgehead atoms. The fourth-order valence-corrected chi connectivity index (χ4v) is 9.60. The predicted molar refractivity (Wildman–Crippen MR) is 248 cm³/mol. The fraction of sp³-hybridized carbons (Fsp3) is 0.105. The molecule has 0 radical (unpaired) electrons. The van der Waals surface area contributed by atoms with Crippen molar-refractivity contribution in [2.24, 2.45) is 0 Å². The third-order valence-corrected chi connectivity index (χ3v) is 13.0. The van der Waals surface area contributed by atoms with Crippen molar-refractivity contribution < 1.29 is 0 Å². The van der Waals surface area contributed by atoms with Crippen molar-refractivity contribution in [3.05, 3.63) is 210 Å². The zero-order chi connectivity index (χ0) is 40.6. The summed E-state index contributed by atoms with van der Waals surface area (Å²) in [4.78, 5) is 15.3. The first-order chi connectivity index (χ1) is 29.2. The second kappa shape index (κ2) is 13.7. The molecule has 0 unspecified atom stereocenters. The van der Waals surface area contributed by atoms with Gasteiger partial charge in [0.1, 0.15) is 0 Å². The van der Waals surface area contributed by atoms with E-state index in [-0.39, 0.29) is 10.8 Å². The number of benzene rings is 8. The van der Waals surface area contributed by atoms with Gasteiger partial charge in [-0.05, 0) is 90.0 Å². The van der Waals surface area contributed by atoms with E-state index < -0.39 is 0 Å². The van der Waals surface area contributed by atoms with Gasteiger partial charge >= 0.3 is 0 Å². The molecule has 1 heterocycles. The minimum atomic E-state index is -0.0539. The van der Waals surface area contributed by atoms with Crippen LogP contribution in [0.3, 0.4) is 0 Å². The molecule has 3 nitrogen and oxygen atoms in total. The van der Waals surface area contributed by atoms with Crippen molar-refractivity contribution in [2.45, 2.75) is 38.5 Å². The van der Waals surface area contributed by atoms with E-state index in [0.717, 1.165) is 33.4 Å². The van der Waals surface area contributed by atoms with Crippen LogP contribution in [0.25, 0.3) is 89.8 Å². The molecule has 2 aliphatic rings. The molecule has 1 aromatic heterocycles. The van der Waals surface area contributed by atoms with Crippen LogP contribution >= 0.6 is 0 Å². The van der Waals surface area contributed by atoms with Crippen LogP contribution in [-0.2, 0) is 10.8 Å². The second-order valence-electron chi connectivity index (χ2n) is 17.3. The fourth-order valence-electron chi connectivity index (χ4n) is 9.60. The lowest BCUT2D eigenvalue weighted by Gasteiger charge is -2.22. The predicted octanol–water partition coefficient (Wildman–Crippen LogP) is 14.5. The van der Waals surface area contributed by atoms with Crippen molar-refractivity contribution in [3.63, 3.8) is 0 Å². The number of nitrogens with zero attached hydrogens (tertiary/aromatic N) is 3. The summed E-state index contributed by atoms with van der Waals surface area (Å²) in [6.45, 7) is 9.32. The molecule has 0 fully saturated rings. The summed E-state index contributed by atoms with van der Waals surface area (Å²) in [5.41, 5.74) is 20.6. The molecule has 60 heavy (non-hydrogen) atoms. The smallest absolute Gasteiger partial charge is 0.164 e. The third-order valence-electron chi connectivity index (χ3n) is 13.0. The Hall–Kier alpha value is -7.23. The summed E-state index contributed by atoms with van der Waals surface area (Å²) in [5, 5.41) is 0. The molecule has 8 aromatic carbocycles. The highest BCUT2D eigenvalue weighted by molar-refractivity contribution is 5.85. The van der Waals surface area contributed by atoms with Gasteiger partial charge in [-0.25, -0.2) is 15.0 Å². The lowest BCUT2D eigenvalue weighted by atomic mass is 9.81. The van der Waals surface area contributed by atoms with Crippen LogP contribution in [-0.4, -0.2) is 15.0 Å². The van der Waals surface area contributed by atoms with Crippen molar-refractivity contribution in [1.82, 2.24) is 15.0 Å². The molecule has 11 rings (SSSR count). The first kappa shape index (κ1) is 35.9. The van der Waals surface area contributed by atoms with Crippen LogP contribution in [0, 0.1) is 0 Å². The molecule has 0 atom stereocenters. The first-order valence-electron chi connectivity index (χ1n) is 20.8. The standard InChI is InChI=1S/C57H43N3/c1-56(2)49-16-10-8-14-45(49)47-32-30-43(34-51(47)56)38-20-26-41(27-21-38)54-58-53(40-24-18-37(19-25-40)36-12-6-5-7-13-36)59-55(60-54)42-28-22-39(23-29-42)44-31-33-48-46-15-9-11-17-50(46)57(3,4)52(48)35-44/h5-35H,1-4H3. The van der Waals surface area contributed by atoms with Crippen molar-refractivity contribution >= 4 is 0 Å². The Morgan fingerprint density at radius 3 is 0.933 bits per heavy atom. The second-order valence-corrected chi connectivity index (χ2v) is 17.3. The van der Waals surface area contributed by atoms with Crippen LogP contribution in [0.15, 0.2) is 188 Å². The summed E-state index contributed by atoms with van der Waals surface area (Å²) < 4.78 is 0. The third kappa shape index (κ3) is 5.84. The van der Waals surface area contributed by atoms with Gasteiger partial charge in [0.15, 0.2) is 17.5 Å². The highest BCUT2D eigenvalue weighted by Crippen LogP contribution is 2.51. The molecule has 3 heteroatoms. The quantitative estimate of drug-likeness (QED) is 0.169. The summed E-state index contributed by atoms with van der Waals surface area (Å²) in [7, 11) is 0. The Morgan fingerprint density at radius 2 is 0.533 bits per heavy atom. The maximum Gasteiger partial charge on any atom is 0.164 e. The van der Waals surface area contributed by atoms with Crippen molar-refractivity contribution in [2.75, 3.05) is 0 Å². The summed E-state index contributed by atoms with van der Waals surface area (Å²) in [6.07, 6.45) is 0. The minimum absolute atomic E-state index is 0.0539. The number of hydrogen-bond donors (Lipinski definition) is 0. The highest BCUT2D eigenvalue weighted by atomic mass is 15.0. The van der Waals surface area contributed by atoms with Crippen molar-refractivity contribution in [1.29, 1.82) is 0 Å².